The topological polar surface area (TPSA) is 55.9 Å². The summed E-state index contributed by atoms with van der Waals surface area (Å²) >= 11 is 0. The highest BCUT2D eigenvalue weighted by Crippen LogP contribution is 2.31. The fourth-order valence-corrected chi connectivity index (χ4v) is 2.15. The molecule has 8 heteroatoms. The zero-order chi connectivity index (χ0) is 14.7. The minimum atomic E-state index is -5.49. The number of ether oxygens (including phenoxy) is 1. The van der Waals surface area contributed by atoms with Gasteiger partial charge in [0.2, 0.25) is 0 Å². The molecule has 0 saturated carbocycles. The Labute approximate surface area is 111 Å². The summed E-state index contributed by atoms with van der Waals surface area (Å²) in [4.78, 5) is 0. The van der Waals surface area contributed by atoms with E-state index in [9.17, 15) is 21.6 Å². The Hall–Kier alpha value is -0.340. The van der Waals surface area contributed by atoms with Gasteiger partial charge in [0.1, 0.15) is 6.10 Å². The van der Waals surface area contributed by atoms with Crippen molar-refractivity contribution in [2.75, 3.05) is 6.61 Å². The predicted molar refractivity (Wildman–Crippen MR) is 62.9 cm³/mol. The molecule has 1 aliphatic heterocycles. The van der Waals surface area contributed by atoms with Gasteiger partial charge in [0.15, 0.2) is 0 Å². The summed E-state index contributed by atoms with van der Waals surface area (Å²) in [6.07, 6.45) is 3.08. The smallest absolute Gasteiger partial charge is 0.367 e. The number of hydrogen-bond acceptors (Lipinski definition) is 4. The van der Waals surface area contributed by atoms with E-state index in [4.69, 9.17) is 4.74 Å². The average Bonchev–Trinajstić information content (AvgIpc) is 2.99. The van der Waals surface area contributed by atoms with E-state index in [1.54, 1.807) is 0 Å². The molecule has 1 aliphatic rings. The SMILES string of the molecule is CC(C)CCCC[C@H]1O[C@H]1COS(=O)(=O)C(F)(F)F. The van der Waals surface area contributed by atoms with E-state index in [0.717, 1.165) is 25.7 Å². The molecule has 114 valence electrons. The third kappa shape index (κ3) is 5.66. The third-order valence-electron chi connectivity index (χ3n) is 2.88. The van der Waals surface area contributed by atoms with Crippen LogP contribution in [-0.2, 0) is 19.0 Å². The largest absolute Gasteiger partial charge is 0.523 e. The van der Waals surface area contributed by atoms with E-state index in [2.05, 4.69) is 18.0 Å². The molecule has 0 spiro atoms. The Morgan fingerprint density at radius 2 is 1.84 bits per heavy atom. The minimum absolute atomic E-state index is 0.171. The van der Waals surface area contributed by atoms with Crippen LogP contribution in [0.5, 0.6) is 0 Å². The minimum Gasteiger partial charge on any atom is -0.367 e. The van der Waals surface area contributed by atoms with Crippen LogP contribution in [0.2, 0.25) is 0 Å². The normalized spacial score (nSPS) is 23.9. The van der Waals surface area contributed by atoms with Gasteiger partial charge >= 0.3 is 15.6 Å². The first kappa shape index (κ1) is 16.7. The van der Waals surface area contributed by atoms with Crippen LogP contribution in [0, 0.1) is 5.92 Å². The number of epoxide rings is 1. The third-order valence-corrected chi connectivity index (χ3v) is 3.89. The van der Waals surface area contributed by atoms with Gasteiger partial charge in [0.05, 0.1) is 12.7 Å². The van der Waals surface area contributed by atoms with Gasteiger partial charge in [-0.3, -0.25) is 4.18 Å². The van der Waals surface area contributed by atoms with Gasteiger partial charge in [-0.2, -0.15) is 21.6 Å². The van der Waals surface area contributed by atoms with Crippen molar-refractivity contribution in [2.24, 2.45) is 5.92 Å². The first-order valence-electron chi connectivity index (χ1n) is 6.24. The van der Waals surface area contributed by atoms with Crippen molar-refractivity contribution in [2.45, 2.75) is 57.2 Å². The van der Waals surface area contributed by atoms with Gasteiger partial charge in [0.25, 0.3) is 0 Å². The molecule has 2 atom stereocenters. The van der Waals surface area contributed by atoms with Crippen LogP contribution in [0.15, 0.2) is 0 Å². The fraction of sp³-hybridized carbons (Fsp3) is 1.00. The zero-order valence-corrected chi connectivity index (χ0v) is 11.8. The summed E-state index contributed by atoms with van der Waals surface area (Å²) in [5, 5.41) is 0. The van der Waals surface area contributed by atoms with E-state index in [1.807, 2.05) is 0 Å². The summed E-state index contributed by atoms with van der Waals surface area (Å²) in [5.41, 5.74) is -5.37. The van der Waals surface area contributed by atoms with Crippen LogP contribution in [0.3, 0.4) is 0 Å². The van der Waals surface area contributed by atoms with Gasteiger partial charge in [-0.1, -0.05) is 33.1 Å². The van der Waals surface area contributed by atoms with Crippen molar-refractivity contribution in [3.05, 3.63) is 0 Å². The first-order valence-corrected chi connectivity index (χ1v) is 7.65. The first-order chi connectivity index (χ1) is 8.63. The standard InChI is InChI=1S/C11H19F3O4S/c1-8(2)5-3-4-6-9-10(18-9)7-17-19(15,16)11(12,13)14/h8-10H,3-7H2,1-2H3/t9-,10+/m1/s1. The van der Waals surface area contributed by atoms with Gasteiger partial charge in [0, 0.05) is 0 Å². The Morgan fingerprint density at radius 3 is 2.37 bits per heavy atom. The van der Waals surface area contributed by atoms with Crippen molar-refractivity contribution in [3.8, 4) is 0 Å². The van der Waals surface area contributed by atoms with Gasteiger partial charge < -0.3 is 4.74 Å². The molecule has 0 aliphatic carbocycles. The summed E-state index contributed by atoms with van der Waals surface area (Å²) < 4.78 is 66.2. The monoisotopic (exact) mass is 304 g/mol. The molecule has 0 aromatic rings. The number of rotatable bonds is 8. The Bertz CT molecular complexity index is 378. The molecule has 0 aromatic heterocycles. The lowest BCUT2D eigenvalue weighted by Crippen LogP contribution is -2.27. The number of halogens is 3. The molecular formula is C11H19F3O4S. The average molecular weight is 304 g/mol. The van der Waals surface area contributed by atoms with Crippen molar-refractivity contribution in [1.82, 2.24) is 0 Å². The predicted octanol–water partition coefficient (Wildman–Crippen LogP) is 2.84. The molecule has 0 unspecified atom stereocenters. The molecule has 1 heterocycles. The molecule has 1 saturated heterocycles. The van der Waals surface area contributed by atoms with Crippen LogP contribution >= 0.6 is 0 Å². The lowest BCUT2D eigenvalue weighted by atomic mass is 10.0. The van der Waals surface area contributed by atoms with E-state index < -0.39 is 28.3 Å². The molecule has 1 rings (SSSR count). The zero-order valence-electron chi connectivity index (χ0n) is 10.9. The lowest BCUT2D eigenvalue weighted by molar-refractivity contribution is -0.0544. The van der Waals surface area contributed by atoms with Crippen LogP contribution in [0.4, 0.5) is 13.2 Å². The maximum absolute atomic E-state index is 12.0. The highest BCUT2D eigenvalue weighted by Gasteiger charge is 2.49. The van der Waals surface area contributed by atoms with Crippen molar-refractivity contribution >= 4 is 10.1 Å². The summed E-state index contributed by atoms with van der Waals surface area (Å²) in [6, 6.07) is 0. The van der Waals surface area contributed by atoms with E-state index in [0.29, 0.717) is 5.92 Å². The van der Waals surface area contributed by atoms with Crippen molar-refractivity contribution < 1.29 is 30.5 Å². The van der Waals surface area contributed by atoms with Gasteiger partial charge in [-0.15, -0.1) is 0 Å². The second kappa shape index (κ2) is 6.41. The molecular weight excluding hydrogens is 285 g/mol. The van der Waals surface area contributed by atoms with Crippen LogP contribution in [-0.4, -0.2) is 32.7 Å². The van der Waals surface area contributed by atoms with Crippen LogP contribution in [0.25, 0.3) is 0 Å². The summed E-state index contributed by atoms with van der Waals surface area (Å²) in [7, 11) is -5.49. The van der Waals surface area contributed by atoms with Crippen molar-refractivity contribution in [1.29, 1.82) is 0 Å². The fourth-order valence-electron chi connectivity index (χ4n) is 1.70. The molecule has 1 fully saturated rings. The molecule has 0 amide bonds. The second-order valence-electron chi connectivity index (χ2n) is 5.08. The number of hydrogen-bond donors (Lipinski definition) is 0. The summed E-state index contributed by atoms with van der Waals surface area (Å²) in [5.74, 6) is 0.621. The second-order valence-corrected chi connectivity index (χ2v) is 6.68. The Balaban J connectivity index is 2.15. The Morgan fingerprint density at radius 1 is 1.21 bits per heavy atom. The molecule has 0 radical (unpaired) electrons. The highest BCUT2D eigenvalue weighted by atomic mass is 32.2. The van der Waals surface area contributed by atoms with E-state index >= 15 is 0 Å². The Kier molecular flexibility index (Phi) is 5.64. The van der Waals surface area contributed by atoms with Crippen LogP contribution < -0.4 is 0 Å². The quantitative estimate of drug-likeness (QED) is 0.299. The van der Waals surface area contributed by atoms with E-state index in [-0.39, 0.29) is 6.10 Å². The molecule has 4 nitrogen and oxygen atoms in total. The maximum Gasteiger partial charge on any atom is 0.523 e. The van der Waals surface area contributed by atoms with Gasteiger partial charge in [-0.25, -0.2) is 0 Å². The maximum atomic E-state index is 12.0. The van der Waals surface area contributed by atoms with Crippen molar-refractivity contribution in [3.63, 3.8) is 0 Å². The highest BCUT2D eigenvalue weighted by molar-refractivity contribution is 7.87. The molecule has 0 N–H and O–H groups in total. The van der Waals surface area contributed by atoms with E-state index in [1.165, 1.54) is 0 Å². The lowest BCUT2D eigenvalue weighted by Gasteiger charge is -2.06. The molecule has 19 heavy (non-hydrogen) atoms. The van der Waals surface area contributed by atoms with Crippen LogP contribution in [0.1, 0.15) is 39.5 Å². The summed E-state index contributed by atoms with van der Waals surface area (Å²) in [6.45, 7) is 3.68. The number of unbranched alkanes of at least 4 members (excludes halogenated alkanes) is 1. The van der Waals surface area contributed by atoms with Gasteiger partial charge in [-0.05, 0) is 12.3 Å². The molecule has 0 bridgehead atoms. The number of alkyl halides is 3. The molecule has 0 aromatic carbocycles.